The summed E-state index contributed by atoms with van der Waals surface area (Å²) < 4.78 is 75.0. The van der Waals surface area contributed by atoms with Crippen molar-refractivity contribution in [3.8, 4) is 11.8 Å². The van der Waals surface area contributed by atoms with Gasteiger partial charge >= 0.3 is 6.03 Å². The van der Waals surface area contributed by atoms with E-state index in [0.717, 1.165) is 30.0 Å². The number of amides is 3. The molecule has 0 radical (unpaired) electrons. The number of aromatic nitrogens is 7. The summed E-state index contributed by atoms with van der Waals surface area (Å²) in [7, 11) is 0. The van der Waals surface area contributed by atoms with E-state index in [-0.39, 0.29) is 55.7 Å². The number of fused-ring (bicyclic) bond motifs is 4. The Balaban J connectivity index is 0.872. The molecule has 2 aromatic carbocycles. The first-order valence-electron chi connectivity index (χ1n) is 21.9. The Kier molecular flexibility index (Phi) is 9.88. The van der Waals surface area contributed by atoms with Crippen LogP contribution in [0.5, 0.6) is 11.8 Å². The fraction of sp³-hybridized carbons (Fsp3) is 0.370. The minimum absolute atomic E-state index is 0.0366. The Morgan fingerprint density at radius 3 is 2.70 bits per heavy atom. The molecule has 4 atom stereocenters. The average molecular weight is 905 g/mol. The van der Waals surface area contributed by atoms with Crippen LogP contribution in [0.1, 0.15) is 72.7 Å². The highest BCUT2D eigenvalue weighted by Gasteiger charge is 2.39. The van der Waals surface area contributed by atoms with E-state index in [9.17, 15) is 27.2 Å². The fourth-order valence-electron chi connectivity index (χ4n) is 9.56. The molecule has 20 heteroatoms. The summed E-state index contributed by atoms with van der Waals surface area (Å²) in [5.41, 5.74) is 2.75. The van der Waals surface area contributed by atoms with Gasteiger partial charge in [0.15, 0.2) is 11.3 Å². The molecule has 16 nitrogen and oxygen atoms in total. The molecule has 9 heterocycles. The van der Waals surface area contributed by atoms with E-state index in [0.29, 0.717) is 82.8 Å². The van der Waals surface area contributed by atoms with Crippen LogP contribution in [0.25, 0.3) is 22.2 Å². The molecule has 2 fully saturated rings. The molecule has 340 valence electrons. The van der Waals surface area contributed by atoms with E-state index in [2.05, 4.69) is 25.8 Å². The van der Waals surface area contributed by atoms with Crippen molar-refractivity contribution in [3.63, 3.8) is 0 Å². The third-order valence-electron chi connectivity index (χ3n) is 13.0. The predicted octanol–water partition coefficient (Wildman–Crippen LogP) is 6.98. The highest BCUT2D eigenvalue weighted by Crippen LogP contribution is 2.43. The average Bonchev–Trinajstić information content (AvgIpc) is 4.15. The Bertz CT molecular complexity index is 3110. The largest absolute Gasteiger partial charge is 0.477 e. The summed E-state index contributed by atoms with van der Waals surface area (Å²) in [6, 6.07) is 9.94. The van der Waals surface area contributed by atoms with Crippen LogP contribution in [-0.4, -0.2) is 103 Å². The van der Waals surface area contributed by atoms with Crippen LogP contribution in [0.4, 0.5) is 39.7 Å². The standard InChI is InChI=1S/C46H44F4N12O4/c1-24-30-16-26(48)18-51-43(30)65-23-46(2,3)22-52-42(63)32-19-53-62-40(32)56-39-29(10-13-59(24)39)44(62)66-28-9-12-58(21-28)45(64)54-34-5-4-6-35-38(34)41-55-37(11-14-61(41)57-35)60-20-27(49)17-36(60)31-15-25(47)7-8-33(31)50/h4-8,11,14-16,18-19,24,27-28,36H,9-10,12-13,17,20-23H2,1-3H3,(H,52,63)(H,54,64)/t24-,27+,28+,36-/m1/s1. The number of rotatable bonds is 5. The monoisotopic (exact) mass is 904 g/mol. The normalized spacial score (nSPS) is 21.7. The van der Waals surface area contributed by atoms with Gasteiger partial charge in [0.05, 0.1) is 66.3 Å². The van der Waals surface area contributed by atoms with E-state index >= 15 is 0 Å². The maximum Gasteiger partial charge on any atom is 0.321 e. The summed E-state index contributed by atoms with van der Waals surface area (Å²) in [5.74, 6) is -0.514. The lowest BCUT2D eigenvalue weighted by atomic mass is 9.94. The number of nitrogens with zero attached hydrogens (tertiary/aromatic N) is 10. The molecule has 5 aromatic heterocycles. The quantitative estimate of drug-likeness (QED) is 0.172. The molecule has 0 saturated carbocycles. The van der Waals surface area contributed by atoms with Gasteiger partial charge in [0.2, 0.25) is 11.8 Å². The highest BCUT2D eigenvalue weighted by atomic mass is 19.1. The maximum absolute atomic E-state index is 15.0. The second-order valence-corrected chi connectivity index (χ2v) is 18.1. The smallest absolute Gasteiger partial charge is 0.321 e. The Morgan fingerprint density at radius 1 is 0.985 bits per heavy atom. The number of pyridine rings is 1. The van der Waals surface area contributed by atoms with Crippen LogP contribution in [0.15, 0.2) is 67.1 Å². The highest BCUT2D eigenvalue weighted by molar-refractivity contribution is 6.07. The van der Waals surface area contributed by atoms with Gasteiger partial charge in [-0.2, -0.15) is 14.7 Å². The third kappa shape index (κ3) is 7.18. The van der Waals surface area contributed by atoms with Crippen molar-refractivity contribution in [3.05, 3.63) is 107 Å². The Labute approximate surface area is 374 Å². The Morgan fingerprint density at radius 2 is 1.83 bits per heavy atom. The second kappa shape index (κ2) is 15.7. The van der Waals surface area contributed by atoms with Crippen LogP contribution in [0.3, 0.4) is 0 Å². The number of anilines is 3. The van der Waals surface area contributed by atoms with Crippen molar-refractivity contribution in [2.24, 2.45) is 5.41 Å². The van der Waals surface area contributed by atoms with Crippen LogP contribution in [0.2, 0.25) is 0 Å². The summed E-state index contributed by atoms with van der Waals surface area (Å²) in [5, 5.41) is 15.8. The lowest BCUT2D eigenvalue weighted by molar-refractivity contribution is 0.0918. The van der Waals surface area contributed by atoms with Gasteiger partial charge in [-0.1, -0.05) is 19.9 Å². The summed E-state index contributed by atoms with van der Waals surface area (Å²) >= 11 is 0. The van der Waals surface area contributed by atoms with Gasteiger partial charge in [0, 0.05) is 55.2 Å². The zero-order valence-electron chi connectivity index (χ0n) is 36.1. The first kappa shape index (κ1) is 41.5. The van der Waals surface area contributed by atoms with Gasteiger partial charge in [-0.05, 0) is 55.8 Å². The van der Waals surface area contributed by atoms with Crippen LogP contribution < -0.4 is 29.9 Å². The third-order valence-corrected chi connectivity index (χ3v) is 13.0. The molecule has 2 saturated heterocycles. The first-order valence-corrected chi connectivity index (χ1v) is 21.9. The molecule has 7 aromatic rings. The van der Waals surface area contributed by atoms with Crippen LogP contribution in [0, 0.1) is 22.9 Å². The van der Waals surface area contributed by atoms with Gasteiger partial charge in [-0.25, -0.2) is 41.8 Å². The number of hydrogen-bond donors (Lipinski definition) is 2. The maximum atomic E-state index is 15.0. The molecule has 0 spiro atoms. The molecule has 11 rings (SSSR count). The summed E-state index contributed by atoms with van der Waals surface area (Å²) in [4.78, 5) is 47.3. The number of hydrogen-bond acceptors (Lipinski definition) is 11. The molecule has 66 heavy (non-hydrogen) atoms. The van der Waals surface area contributed by atoms with Crippen molar-refractivity contribution in [2.75, 3.05) is 54.4 Å². The second-order valence-electron chi connectivity index (χ2n) is 18.1. The van der Waals surface area contributed by atoms with Crippen molar-refractivity contribution >= 4 is 51.5 Å². The lowest BCUT2D eigenvalue weighted by Gasteiger charge is -2.30. The van der Waals surface area contributed by atoms with Gasteiger partial charge < -0.3 is 34.8 Å². The number of carbonyl (C=O) groups is 2. The number of alkyl halides is 1. The minimum Gasteiger partial charge on any atom is -0.477 e. The van der Waals surface area contributed by atoms with Crippen molar-refractivity contribution < 1.29 is 36.6 Å². The molecular weight excluding hydrogens is 861 g/mol. The van der Waals surface area contributed by atoms with E-state index in [1.54, 1.807) is 49.3 Å². The van der Waals surface area contributed by atoms with Crippen molar-refractivity contribution in [1.29, 1.82) is 0 Å². The number of carbonyl (C=O) groups excluding carboxylic acids is 2. The number of benzene rings is 2. The Hall–Kier alpha value is -7.25. The topological polar surface area (TPSA) is 160 Å². The lowest BCUT2D eigenvalue weighted by Crippen LogP contribution is -2.38. The van der Waals surface area contributed by atoms with E-state index in [1.807, 2.05) is 25.7 Å². The van der Waals surface area contributed by atoms with Gasteiger partial charge in [0.25, 0.3) is 5.91 Å². The molecule has 4 aliphatic heterocycles. The van der Waals surface area contributed by atoms with Crippen LogP contribution >= 0.6 is 0 Å². The number of halogens is 4. The summed E-state index contributed by atoms with van der Waals surface area (Å²) in [6.45, 7) is 7.33. The zero-order valence-corrected chi connectivity index (χ0v) is 36.1. The predicted molar refractivity (Wildman–Crippen MR) is 234 cm³/mol. The van der Waals surface area contributed by atoms with Gasteiger partial charge in [-0.3, -0.25) is 4.79 Å². The number of urea groups is 1. The zero-order chi connectivity index (χ0) is 45.6. The van der Waals surface area contributed by atoms with Crippen molar-refractivity contribution in [1.82, 2.24) is 44.4 Å². The van der Waals surface area contributed by atoms with Gasteiger partial charge in [-0.15, -0.1) is 0 Å². The molecule has 4 aliphatic rings. The number of ether oxygens (including phenoxy) is 2. The molecule has 0 unspecified atom stereocenters. The summed E-state index contributed by atoms with van der Waals surface area (Å²) in [6.07, 6.45) is 3.46. The molecular formula is C46H44F4N12O4. The van der Waals surface area contributed by atoms with E-state index in [1.165, 1.54) is 12.3 Å². The SMILES string of the molecule is C[C@@H]1c2cc(F)cnc2OCC(C)(C)CNC(=O)c2cnn3c(O[C@H]4CCN(C(=O)Nc5cccc6nn7ccc(N8C[C@@H](F)C[C@@H]8c8cc(F)ccc8F)nc7c56)C4)c4c(nc23)N1CC4. The van der Waals surface area contributed by atoms with E-state index in [4.69, 9.17) is 19.4 Å². The molecule has 0 aliphatic carbocycles. The number of nitrogens with one attached hydrogen (secondary N) is 2. The molecule has 2 N–H and O–H groups in total. The number of likely N-dealkylation sites (tertiary alicyclic amines) is 1. The molecule has 2 bridgehead atoms. The van der Waals surface area contributed by atoms with E-state index < -0.39 is 47.2 Å². The fourth-order valence-corrected chi connectivity index (χ4v) is 9.56. The molecule has 3 amide bonds. The minimum atomic E-state index is -1.29. The first-order chi connectivity index (χ1) is 31.8. The van der Waals surface area contributed by atoms with Crippen LogP contribution in [-0.2, 0) is 6.42 Å². The van der Waals surface area contributed by atoms with Crippen molar-refractivity contribution in [2.45, 2.75) is 64.4 Å². The van der Waals surface area contributed by atoms with Gasteiger partial charge in [0.1, 0.15) is 46.9 Å².